The Kier molecular flexibility index (Phi) is 3.22. The number of morpholine rings is 1. The van der Waals surface area contributed by atoms with Gasteiger partial charge in [-0.1, -0.05) is 30.3 Å². The number of hydrogen-bond donors (Lipinski definition) is 1. The highest BCUT2D eigenvalue weighted by Crippen LogP contribution is 2.26. The molecule has 1 saturated heterocycles. The second kappa shape index (κ2) is 5.35. The molecule has 0 spiro atoms. The topological polar surface area (TPSA) is 30.5 Å². The van der Waals surface area contributed by atoms with Gasteiger partial charge >= 0.3 is 0 Å². The summed E-state index contributed by atoms with van der Waals surface area (Å²) < 4.78 is 11.5. The van der Waals surface area contributed by atoms with E-state index in [1.807, 2.05) is 6.07 Å². The number of hydrogen-bond acceptors (Lipinski definition) is 3. The van der Waals surface area contributed by atoms with Crippen molar-refractivity contribution in [2.75, 3.05) is 19.7 Å². The molecule has 0 bridgehead atoms. The van der Waals surface area contributed by atoms with Crippen molar-refractivity contribution in [1.29, 1.82) is 0 Å². The first kappa shape index (κ1) is 12.6. The average molecular weight is 279 g/mol. The molecule has 1 aliphatic rings. The second-order valence-electron chi connectivity index (χ2n) is 5.33. The van der Waals surface area contributed by atoms with Gasteiger partial charge in [0.2, 0.25) is 6.29 Å². The Balaban J connectivity index is 1.69. The molecule has 3 heteroatoms. The molecule has 1 atom stereocenters. The number of fused-ring (bicyclic) bond motifs is 2. The number of nitrogens with one attached hydrogen (secondary N) is 1. The first-order valence-electron chi connectivity index (χ1n) is 7.30. The Morgan fingerprint density at radius 2 is 1.67 bits per heavy atom. The van der Waals surface area contributed by atoms with Crippen LogP contribution in [-0.4, -0.2) is 26.0 Å². The molecule has 0 aliphatic carbocycles. The van der Waals surface area contributed by atoms with Gasteiger partial charge in [-0.25, -0.2) is 0 Å². The van der Waals surface area contributed by atoms with Crippen molar-refractivity contribution >= 4 is 21.5 Å². The molecule has 1 N–H and O–H groups in total. The van der Waals surface area contributed by atoms with Crippen molar-refractivity contribution < 1.29 is 9.47 Å². The molecule has 1 aliphatic heterocycles. The lowest BCUT2D eigenvalue weighted by Crippen LogP contribution is -2.41. The minimum atomic E-state index is -0.198. The Bertz CT molecular complexity index is 778. The Hall–Kier alpha value is -2.10. The fourth-order valence-corrected chi connectivity index (χ4v) is 2.76. The second-order valence-corrected chi connectivity index (χ2v) is 5.33. The lowest BCUT2D eigenvalue weighted by atomic mass is 10.0. The van der Waals surface area contributed by atoms with Crippen LogP contribution in [0.1, 0.15) is 0 Å². The van der Waals surface area contributed by atoms with Crippen LogP contribution in [0.4, 0.5) is 0 Å². The van der Waals surface area contributed by atoms with Crippen LogP contribution in [0.25, 0.3) is 21.5 Å². The summed E-state index contributed by atoms with van der Waals surface area (Å²) in [6.07, 6.45) is -0.198. The van der Waals surface area contributed by atoms with Gasteiger partial charge in [-0.15, -0.1) is 0 Å². The third-order valence-corrected chi connectivity index (χ3v) is 3.84. The Labute approximate surface area is 123 Å². The molecular formula is C18H17NO2. The summed E-state index contributed by atoms with van der Waals surface area (Å²) in [4.78, 5) is 0. The quantitative estimate of drug-likeness (QED) is 0.730. The maximum Gasteiger partial charge on any atom is 0.212 e. The summed E-state index contributed by atoms with van der Waals surface area (Å²) >= 11 is 0. The lowest BCUT2D eigenvalue weighted by molar-refractivity contribution is -0.0946. The zero-order valence-electron chi connectivity index (χ0n) is 11.7. The predicted octanol–water partition coefficient (Wildman–Crippen LogP) is 3.32. The summed E-state index contributed by atoms with van der Waals surface area (Å²) in [6.45, 7) is 2.32. The predicted molar refractivity (Wildman–Crippen MR) is 84.7 cm³/mol. The van der Waals surface area contributed by atoms with Crippen LogP contribution in [0.2, 0.25) is 0 Å². The van der Waals surface area contributed by atoms with Gasteiger partial charge in [-0.3, -0.25) is 0 Å². The van der Waals surface area contributed by atoms with Crippen molar-refractivity contribution in [3.05, 3.63) is 54.6 Å². The molecule has 21 heavy (non-hydrogen) atoms. The smallest absolute Gasteiger partial charge is 0.212 e. The molecule has 0 amide bonds. The molecule has 0 radical (unpaired) electrons. The van der Waals surface area contributed by atoms with Gasteiger partial charge in [0, 0.05) is 6.54 Å². The van der Waals surface area contributed by atoms with E-state index in [2.05, 4.69) is 53.8 Å². The van der Waals surface area contributed by atoms with E-state index < -0.39 is 0 Å². The van der Waals surface area contributed by atoms with Crippen LogP contribution in [0.15, 0.2) is 54.6 Å². The van der Waals surface area contributed by atoms with Crippen molar-refractivity contribution in [3.63, 3.8) is 0 Å². The van der Waals surface area contributed by atoms with E-state index in [0.29, 0.717) is 6.61 Å². The molecule has 3 aromatic rings. The number of rotatable bonds is 2. The third kappa shape index (κ3) is 2.58. The molecule has 0 saturated carbocycles. The van der Waals surface area contributed by atoms with Gasteiger partial charge in [-0.2, -0.15) is 0 Å². The number of benzene rings is 3. The van der Waals surface area contributed by atoms with E-state index >= 15 is 0 Å². The summed E-state index contributed by atoms with van der Waals surface area (Å²) in [5.74, 6) is 0.853. The molecule has 3 nitrogen and oxygen atoms in total. The van der Waals surface area contributed by atoms with Gasteiger partial charge in [0.05, 0.1) is 13.2 Å². The van der Waals surface area contributed by atoms with Gasteiger partial charge in [0.15, 0.2) is 0 Å². The van der Waals surface area contributed by atoms with E-state index in [9.17, 15) is 0 Å². The first-order valence-corrected chi connectivity index (χ1v) is 7.30. The summed E-state index contributed by atoms with van der Waals surface area (Å²) in [5, 5.41) is 8.19. The fourth-order valence-electron chi connectivity index (χ4n) is 2.76. The normalized spacial score (nSPS) is 19.0. The molecule has 0 aromatic heterocycles. The first-order chi connectivity index (χ1) is 10.4. The van der Waals surface area contributed by atoms with Crippen molar-refractivity contribution in [2.45, 2.75) is 6.29 Å². The number of ether oxygens (including phenoxy) is 2. The van der Waals surface area contributed by atoms with Crippen LogP contribution in [0.3, 0.4) is 0 Å². The monoisotopic (exact) mass is 279 g/mol. The third-order valence-electron chi connectivity index (χ3n) is 3.84. The summed E-state index contributed by atoms with van der Waals surface area (Å²) in [7, 11) is 0. The SMILES string of the molecule is c1ccc2cc3cc(OC4CNCCO4)ccc3cc2c1. The zero-order valence-corrected chi connectivity index (χ0v) is 11.7. The van der Waals surface area contributed by atoms with E-state index in [0.717, 1.165) is 18.8 Å². The molecule has 1 heterocycles. The van der Waals surface area contributed by atoms with E-state index in [1.165, 1.54) is 21.5 Å². The summed E-state index contributed by atoms with van der Waals surface area (Å²) in [5.41, 5.74) is 0. The van der Waals surface area contributed by atoms with Gasteiger partial charge < -0.3 is 14.8 Å². The molecule has 1 fully saturated rings. The summed E-state index contributed by atoms with van der Waals surface area (Å²) in [6, 6.07) is 19.0. The minimum absolute atomic E-state index is 0.198. The fraction of sp³-hybridized carbons (Fsp3) is 0.222. The highest BCUT2D eigenvalue weighted by Gasteiger charge is 2.14. The van der Waals surface area contributed by atoms with Crippen molar-refractivity contribution in [2.24, 2.45) is 0 Å². The van der Waals surface area contributed by atoms with Crippen LogP contribution in [-0.2, 0) is 4.74 Å². The molecule has 3 aromatic carbocycles. The van der Waals surface area contributed by atoms with Gasteiger partial charge in [-0.05, 0) is 45.8 Å². The minimum Gasteiger partial charge on any atom is -0.464 e. The Morgan fingerprint density at radius 3 is 2.43 bits per heavy atom. The standard InChI is InChI=1S/C18H17NO2/c1-2-4-14-10-16-11-17(21-18-12-19-7-8-20-18)6-5-15(16)9-13(14)3-1/h1-6,9-11,18-19H,7-8,12H2. The van der Waals surface area contributed by atoms with Gasteiger partial charge in [0.25, 0.3) is 0 Å². The molecule has 1 unspecified atom stereocenters. The average Bonchev–Trinajstić information content (AvgIpc) is 2.54. The zero-order chi connectivity index (χ0) is 14.1. The van der Waals surface area contributed by atoms with Crippen LogP contribution in [0.5, 0.6) is 5.75 Å². The van der Waals surface area contributed by atoms with Crippen LogP contribution in [0, 0.1) is 0 Å². The molecular weight excluding hydrogens is 262 g/mol. The van der Waals surface area contributed by atoms with Crippen LogP contribution >= 0.6 is 0 Å². The van der Waals surface area contributed by atoms with Crippen molar-refractivity contribution in [1.82, 2.24) is 5.32 Å². The van der Waals surface area contributed by atoms with Crippen LogP contribution < -0.4 is 10.1 Å². The molecule has 4 rings (SSSR count). The highest BCUT2D eigenvalue weighted by atomic mass is 16.7. The largest absolute Gasteiger partial charge is 0.464 e. The van der Waals surface area contributed by atoms with Gasteiger partial charge in [0.1, 0.15) is 5.75 Å². The van der Waals surface area contributed by atoms with Crippen molar-refractivity contribution in [3.8, 4) is 5.75 Å². The maximum atomic E-state index is 5.89. The molecule has 106 valence electrons. The Morgan fingerprint density at radius 1 is 0.905 bits per heavy atom. The van der Waals surface area contributed by atoms with E-state index in [1.54, 1.807) is 0 Å². The highest BCUT2D eigenvalue weighted by molar-refractivity contribution is 5.98. The van der Waals surface area contributed by atoms with E-state index in [-0.39, 0.29) is 6.29 Å². The van der Waals surface area contributed by atoms with E-state index in [4.69, 9.17) is 9.47 Å². The maximum absolute atomic E-state index is 5.89. The lowest BCUT2D eigenvalue weighted by Gasteiger charge is -2.24.